The summed E-state index contributed by atoms with van der Waals surface area (Å²) in [6.07, 6.45) is 6.05. The van der Waals surface area contributed by atoms with E-state index in [0.29, 0.717) is 17.8 Å². The van der Waals surface area contributed by atoms with Gasteiger partial charge in [-0.2, -0.15) is 0 Å². The average Bonchev–Trinajstić information content (AvgIpc) is 2.91. The Morgan fingerprint density at radius 2 is 1.62 bits per heavy atom. The molecular formula is C29H28F2N2O5S. The molecule has 1 aromatic heterocycles. The molecule has 0 saturated carbocycles. The maximum Gasteiger partial charge on any atom is 0.341 e. The molecule has 0 radical (unpaired) electrons. The summed E-state index contributed by atoms with van der Waals surface area (Å²) in [7, 11) is -3.74. The van der Waals surface area contributed by atoms with E-state index in [0.717, 1.165) is 44.4 Å². The lowest BCUT2D eigenvalue weighted by molar-refractivity contribution is 0.0695. The zero-order valence-corrected chi connectivity index (χ0v) is 22.1. The van der Waals surface area contributed by atoms with Crippen LogP contribution in [-0.2, 0) is 10.0 Å². The van der Waals surface area contributed by atoms with Gasteiger partial charge in [0.1, 0.15) is 17.2 Å². The number of halogens is 2. The van der Waals surface area contributed by atoms with E-state index >= 15 is 4.39 Å². The summed E-state index contributed by atoms with van der Waals surface area (Å²) in [5.41, 5.74) is -0.421. The minimum Gasteiger partial charge on any atom is -0.477 e. The predicted molar refractivity (Wildman–Crippen MR) is 146 cm³/mol. The van der Waals surface area contributed by atoms with E-state index in [1.165, 1.54) is 59.2 Å². The van der Waals surface area contributed by atoms with Crippen LogP contribution in [0.2, 0.25) is 0 Å². The van der Waals surface area contributed by atoms with E-state index in [1.807, 2.05) is 0 Å². The fraction of sp³-hybridized carbons (Fsp3) is 0.241. The van der Waals surface area contributed by atoms with Gasteiger partial charge in [0, 0.05) is 29.4 Å². The normalized spacial score (nSPS) is 11.7. The van der Waals surface area contributed by atoms with E-state index < -0.39 is 38.6 Å². The number of nitrogens with zero attached hydrogens (tertiary/aromatic N) is 1. The van der Waals surface area contributed by atoms with Crippen LogP contribution in [0.3, 0.4) is 0 Å². The van der Waals surface area contributed by atoms with Gasteiger partial charge in [-0.25, -0.2) is 26.7 Å². The van der Waals surface area contributed by atoms with Crippen molar-refractivity contribution >= 4 is 26.9 Å². The molecule has 2 N–H and O–H groups in total. The summed E-state index contributed by atoms with van der Waals surface area (Å²) in [6.45, 7) is 2.43. The molecule has 0 aliphatic carbocycles. The van der Waals surface area contributed by atoms with Gasteiger partial charge in [0.05, 0.1) is 10.4 Å². The van der Waals surface area contributed by atoms with Crippen LogP contribution in [0.4, 0.5) is 8.78 Å². The third-order valence-electron chi connectivity index (χ3n) is 6.48. The molecule has 0 amide bonds. The Hall–Kier alpha value is -3.89. The fourth-order valence-electron chi connectivity index (χ4n) is 4.37. The average molecular weight is 555 g/mol. The van der Waals surface area contributed by atoms with Crippen LogP contribution in [0.15, 0.2) is 76.6 Å². The fourth-order valence-corrected chi connectivity index (χ4v) is 5.44. The van der Waals surface area contributed by atoms with Crippen molar-refractivity contribution in [3.05, 3.63) is 94.3 Å². The number of hydrogen-bond acceptors (Lipinski definition) is 4. The second kappa shape index (κ2) is 11.9. The number of unbranched alkanes of at least 4 members (excludes halogenated alkanes) is 4. The molecule has 0 aliphatic heterocycles. The summed E-state index contributed by atoms with van der Waals surface area (Å²) in [4.78, 5) is 24.6. The molecule has 0 bridgehead atoms. The minimum atomic E-state index is -3.74. The Morgan fingerprint density at radius 3 is 2.26 bits per heavy atom. The third kappa shape index (κ3) is 6.23. The minimum absolute atomic E-state index is 0.0373. The van der Waals surface area contributed by atoms with Gasteiger partial charge in [-0.15, -0.1) is 0 Å². The van der Waals surface area contributed by atoms with Crippen molar-refractivity contribution in [2.75, 3.05) is 6.54 Å². The van der Waals surface area contributed by atoms with E-state index in [9.17, 15) is 27.5 Å². The molecular weight excluding hydrogens is 526 g/mol. The molecule has 10 heteroatoms. The number of aromatic carboxylic acids is 1. The largest absolute Gasteiger partial charge is 0.477 e. The predicted octanol–water partition coefficient (Wildman–Crippen LogP) is 5.88. The Bertz CT molecular complexity index is 1670. The third-order valence-corrected chi connectivity index (χ3v) is 7.95. The number of rotatable bonds is 11. The van der Waals surface area contributed by atoms with Crippen LogP contribution in [0.1, 0.15) is 49.4 Å². The highest BCUT2D eigenvalue weighted by molar-refractivity contribution is 7.89. The first-order valence-corrected chi connectivity index (χ1v) is 14.1. The standard InChI is InChI=1S/C29H28F2N2O5S/c1-2-3-4-5-6-15-32-39(37,38)22-13-7-19(8-14-22)23-17-27-24(16-26(23)31)28(34)25(29(35)36)18-33(27)21-11-9-20(30)10-12-21/h7-14,16-18,32H,2-6,15H2,1H3,(H,35,36). The first-order chi connectivity index (χ1) is 18.6. The molecule has 39 heavy (non-hydrogen) atoms. The van der Waals surface area contributed by atoms with Crippen molar-refractivity contribution < 1.29 is 27.1 Å². The van der Waals surface area contributed by atoms with Crippen LogP contribution in [0, 0.1) is 11.6 Å². The number of benzene rings is 3. The van der Waals surface area contributed by atoms with E-state index in [2.05, 4.69) is 11.6 Å². The summed E-state index contributed by atoms with van der Waals surface area (Å²) < 4.78 is 58.1. The summed E-state index contributed by atoms with van der Waals surface area (Å²) in [5, 5.41) is 9.35. The van der Waals surface area contributed by atoms with Crippen LogP contribution in [0.5, 0.6) is 0 Å². The number of hydrogen-bond donors (Lipinski definition) is 2. The Kier molecular flexibility index (Phi) is 8.57. The van der Waals surface area contributed by atoms with Gasteiger partial charge in [0.25, 0.3) is 0 Å². The molecule has 0 spiro atoms. The number of aromatic nitrogens is 1. The van der Waals surface area contributed by atoms with Crippen LogP contribution in [-0.4, -0.2) is 30.6 Å². The van der Waals surface area contributed by atoms with Crippen molar-refractivity contribution in [1.82, 2.24) is 9.29 Å². The summed E-state index contributed by atoms with van der Waals surface area (Å²) >= 11 is 0. The lowest BCUT2D eigenvalue weighted by atomic mass is 10.0. The highest BCUT2D eigenvalue weighted by Crippen LogP contribution is 2.29. The monoisotopic (exact) mass is 554 g/mol. The maximum absolute atomic E-state index is 15.3. The van der Waals surface area contributed by atoms with Crippen molar-refractivity contribution in [3.63, 3.8) is 0 Å². The van der Waals surface area contributed by atoms with Gasteiger partial charge in [0.2, 0.25) is 15.5 Å². The van der Waals surface area contributed by atoms with Crippen molar-refractivity contribution in [1.29, 1.82) is 0 Å². The molecule has 1 heterocycles. The van der Waals surface area contributed by atoms with Gasteiger partial charge in [0.15, 0.2) is 0 Å². The molecule has 0 saturated heterocycles. The van der Waals surface area contributed by atoms with Gasteiger partial charge >= 0.3 is 5.97 Å². The molecule has 3 aromatic carbocycles. The molecule has 4 rings (SSSR count). The van der Waals surface area contributed by atoms with Crippen molar-refractivity contribution in [2.24, 2.45) is 0 Å². The van der Waals surface area contributed by atoms with E-state index in [4.69, 9.17) is 0 Å². The molecule has 4 aromatic rings. The molecule has 0 atom stereocenters. The number of pyridine rings is 1. The van der Waals surface area contributed by atoms with E-state index in [1.54, 1.807) is 0 Å². The van der Waals surface area contributed by atoms with Gasteiger partial charge < -0.3 is 9.67 Å². The number of carbonyl (C=O) groups is 1. The first-order valence-electron chi connectivity index (χ1n) is 12.6. The van der Waals surface area contributed by atoms with Crippen LogP contribution >= 0.6 is 0 Å². The topological polar surface area (TPSA) is 105 Å². The molecule has 0 fully saturated rings. The Labute approximate surface area is 224 Å². The lowest BCUT2D eigenvalue weighted by Crippen LogP contribution is -2.24. The van der Waals surface area contributed by atoms with E-state index in [-0.39, 0.29) is 21.4 Å². The number of fused-ring (bicyclic) bond motifs is 1. The van der Waals surface area contributed by atoms with Gasteiger partial charge in [-0.3, -0.25) is 4.79 Å². The smallest absolute Gasteiger partial charge is 0.341 e. The lowest BCUT2D eigenvalue weighted by Gasteiger charge is -2.15. The highest BCUT2D eigenvalue weighted by atomic mass is 32.2. The van der Waals surface area contributed by atoms with Crippen LogP contribution in [0.25, 0.3) is 27.7 Å². The van der Waals surface area contributed by atoms with Gasteiger partial charge in [-0.1, -0.05) is 44.7 Å². The zero-order valence-electron chi connectivity index (χ0n) is 21.3. The molecule has 0 aliphatic rings. The molecule has 0 unspecified atom stereocenters. The quantitative estimate of drug-likeness (QED) is 0.225. The zero-order chi connectivity index (χ0) is 28.2. The molecule has 7 nitrogen and oxygen atoms in total. The second-order valence-electron chi connectivity index (χ2n) is 9.21. The maximum atomic E-state index is 15.3. The van der Waals surface area contributed by atoms with Crippen molar-refractivity contribution in [2.45, 2.75) is 43.9 Å². The number of nitrogens with one attached hydrogen (secondary N) is 1. The second-order valence-corrected chi connectivity index (χ2v) is 11.0. The summed E-state index contributed by atoms with van der Waals surface area (Å²) in [5.74, 6) is -2.77. The number of sulfonamides is 1. The summed E-state index contributed by atoms with van der Waals surface area (Å²) in [6, 6.07) is 13.2. The highest BCUT2D eigenvalue weighted by Gasteiger charge is 2.19. The Morgan fingerprint density at radius 1 is 0.949 bits per heavy atom. The van der Waals surface area contributed by atoms with Gasteiger partial charge in [-0.05, 0) is 60.5 Å². The SMILES string of the molecule is CCCCCCCNS(=O)(=O)c1ccc(-c2cc3c(cc2F)c(=O)c(C(=O)O)cn3-c2ccc(F)cc2)cc1. The Balaban J connectivity index is 1.71. The first kappa shape index (κ1) is 28.1. The molecule has 204 valence electrons. The number of carboxylic acid groups (broad SMARTS) is 1. The number of carboxylic acids is 1. The van der Waals surface area contributed by atoms with Crippen molar-refractivity contribution in [3.8, 4) is 16.8 Å². The van der Waals surface area contributed by atoms with Crippen LogP contribution < -0.4 is 10.2 Å².